The third kappa shape index (κ3) is 2.65. The molecule has 19 heavy (non-hydrogen) atoms. The third-order valence-corrected chi connectivity index (χ3v) is 2.72. The molecule has 0 unspecified atom stereocenters. The highest BCUT2D eigenvalue weighted by Gasteiger charge is 2.21. The van der Waals surface area contributed by atoms with E-state index < -0.39 is 16.8 Å². The number of hydrogen-bond acceptors (Lipinski definition) is 3. The van der Waals surface area contributed by atoms with Crippen LogP contribution in [0.5, 0.6) is 5.88 Å². The van der Waals surface area contributed by atoms with Gasteiger partial charge in [-0.05, 0) is 17.7 Å². The first-order chi connectivity index (χ1) is 8.79. The van der Waals surface area contributed by atoms with Gasteiger partial charge in [0.1, 0.15) is 17.2 Å². The van der Waals surface area contributed by atoms with E-state index in [0.717, 1.165) is 0 Å². The Morgan fingerprint density at radius 1 is 1.32 bits per heavy atom. The molecule has 0 aliphatic heterocycles. The van der Waals surface area contributed by atoms with Gasteiger partial charge in [0.05, 0.1) is 0 Å². The van der Waals surface area contributed by atoms with Crippen LogP contribution in [-0.2, 0) is 5.41 Å². The van der Waals surface area contributed by atoms with Gasteiger partial charge in [0, 0.05) is 5.41 Å². The number of aromatic hydroxyl groups is 1. The molecule has 1 aromatic heterocycles. The molecule has 0 amide bonds. The summed E-state index contributed by atoms with van der Waals surface area (Å²) in [6.07, 6.45) is 0. The Morgan fingerprint density at radius 2 is 2.00 bits per heavy atom. The lowest BCUT2D eigenvalue weighted by Gasteiger charge is -2.17. The van der Waals surface area contributed by atoms with Crippen LogP contribution < -0.4 is 5.56 Å². The molecule has 2 aromatic rings. The van der Waals surface area contributed by atoms with E-state index in [0.29, 0.717) is 11.4 Å². The lowest BCUT2D eigenvalue weighted by atomic mass is 9.95. The van der Waals surface area contributed by atoms with E-state index in [1.54, 1.807) is 6.07 Å². The summed E-state index contributed by atoms with van der Waals surface area (Å²) in [6.45, 7) is 5.60. The fourth-order valence-corrected chi connectivity index (χ4v) is 1.72. The highest BCUT2D eigenvalue weighted by molar-refractivity contribution is 5.67. The van der Waals surface area contributed by atoms with Crippen molar-refractivity contribution in [2.75, 3.05) is 0 Å². The standard InChI is InChI=1S/C14H15FN2O2/c1-14(2,3)13-16-11(18)10(12(19)17-13)8-5-4-6-9(15)7-8/h4-7H,1-3H3,(H2,16,17,18,19). The quantitative estimate of drug-likeness (QED) is 0.830. The molecule has 100 valence electrons. The van der Waals surface area contributed by atoms with E-state index in [2.05, 4.69) is 9.97 Å². The summed E-state index contributed by atoms with van der Waals surface area (Å²) in [4.78, 5) is 18.7. The van der Waals surface area contributed by atoms with Crippen molar-refractivity contribution in [3.05, 3.63) is 46.3 Å². The van der Waals surface area contributed by atoms with Crippen molar-refractivity contribution in [3.63, 3.8) is 0 Å². The van der Waals surface area contributed by atoms with Crippen molar-refractivity contribution < 1.29 is 9.50 Å². The number of H-pyrrole nitrogens is 1. The second-order valence-corrected chi connectivity index (χ2v) is 5.37. The maximum Gasteiger partial charge on any atom is 0.262 e. The van der Waals surface area contributed by atoms with Crippen molar-refractivity contribution >= 4 is 0 Å². The fraction of sp³-hybridized carbons (Fsp3) is 0.286. The molecule has 1 aromatic carbocycles. The summed E-state index contributed by atoms with van der Waals surface area (Å²) < 4.78 is 13.2. The highest BCUT2D eigenvalue weighted by Crippen LogP contribution is 2.26. The zero-order valence-electron chi connectivity index (χ0n) is 11.0. The van der Waals surface area contributed by atoms with Crippen LogP contribution in [-0.4, -0.2) is 15.1 Å². The number of halogens is 1. The lowest BCUT2D eigenvalue weighted by Crippen LogP contribution is -2.22. The number of benzene rings is 1. The molecule has 0 aliphatic carbocycles. The average molecular weight is 262 g/mol. The van der Waals surface area contributed by atoms with Crippen molar-refractivity contribution in [1.82, 2.24) is 9.97 Å². The maximum atomic E-state index is 13.2. The van der Waals surface area contributed by atoms with Crippen molar-refractivity contribution in [3.8, 4) is 17.0 Å². The predicted octanol–water partition coefficient (Wildman–Crippen LogP) is 2.58. The Balaban J connectivity index is 2.64. The second kappa shape index (κ2) is 4.50. The lowest BCUT2D eigenvalue weighted by molar-refractivity contribution is 0.437. The topological polar surface area (TPSA) is 66.0 Å². The van der Waals surface area contributed by atoms with Gasteiger partial charge >= 0.3 is 0 Å². The molecule has 4 nitrogen and oxygen atoms in total. The SMILES string of the molecule is CC(C)(C)c1nc(O)c(-c2cccc(F)c2)c(=O)[nH]1. The molecule has 0 atom stereocenters. The van der Waals surface area contributed by atoms with Crippen LogP contribution in [0.1, 0.15) is 26.6 Å². The Bertz CT molecular complexity index is 672. The monoisotopic (exact) mass is 262 g/mol. The molecular weight excluding hydrogens is 247 g/mol. The molecule has 0 aliphatic rings. The maximum absolute atomic E-state index is 13.2. The van der Waals surface area contributed by atoms with Gasteiger partial charge in [-0.25, -0.2) is 4.39 Å². The summed E-state index contributed by atoms with van der Waals surface area (Å²) in [5.74, 6) is -0.481. The van der Waals surface area contributed by atoms with Gasteiger partial charge in [-0.1, -0.05) is 32.9 Å². The molecule has 0 saturated carbocycles. The Hall–Kier alpha value is -2.17. The zero-order chi connectivity index (χ0) is 14.2. The van der Waals surface area contributed by atoms with Gasteiger partial charge in [-0.15, -0.1) is 0 Å². The van der Waals surface area contributed by atoms with Crippen molar-refractivity contribution in [1.29, 1.82) is 0 Å². The van der Waals surface area contributed by atoms with Crippen LogP contribution >= 0.6 is 0 Å². The Kier molecular flexibility index (Phi) is 3.14. The summed E-state index contributed by atoms with van der Waals surface area (Å²) in [7, 11) is 0. The van der Waals surface area contributed by atoms with Gasteiger partial charge < -0.3 is 10.1 Å². The van der Waals surface area contributed by atoms with Crippen LogP contribution in [0, 0.1) is 5.82 Å². The molecule has 0 saturated heterocycles. The van der Waals surface area contributed by atoms with Crippen LogP contribution in [0.15, 0.2) is 29.1 Å². The Morgan fingerprint density at radius 3 is 2.53 bits per heavy atom. The average Bonchev–Trinajstić information content (AvgIpc) is 2.26. The number of hydrogen-bond donors (Lipinski definition) is 2. The van der Waals surface area contributed by atoms with E-state index in [1.165, 1.54) is 18.2 Å². The van der Waals surface area contributed by atoms with Gasteiger partial charge in [0.25, 0.3) is 5.56 Å². The minimum Gasteiger partial charge on any atom is -0.493 e. The fourth-order valence-electron chi connectivity index (χ4n) is 1.72. The van der Waals surface area contributed by atoms with Gasteiger partial charge in [0.2, 0.25) is 5.88 Å². The van der Waals surface area contributed by atoms with E-state index in [4.69, 9.17) is 0 Å². The molecule has 2 rings (SSSR count). The van der Waals surface area contributed by atoms with E-state index >= 15 is 0 Å². The van der Waals surface area contributed by atoms with E-state index in [1.807, 2.05) is 20.8 Å². The van der Waals surface area contributed by atoms with E-state index in [9.17, 15) is 14.3 Å². The first-order valence-corrected chi connectivity index (χ1v) is 5.89. The molecule has 5 heteroatoms. The van der Waals surface area contributed by atoms with Gasteiger partial charge in [-0.2, -0.15) is 4.98 Å². The van der Waals surface area contributed by atoms with Crippen molar-refractivity contribution in [2.45, 2.75) is 26.2 Å². The number of rotatable bonds is 1. The third-order valence-electron chi connectivity index (χ3n) is 2.72. The first kappa shape index (κ1) is 13.3. The number of aromatic amines is 1. The molecular formula is C14H15FN2O2. The summed E-state index contributed by atoms with van der Waals surface area (Å²) in [5, 5.41) is 9.93. The normalized spacial score (nSPS) is 11.6. The summed E-state index contributed by atoms with van der Waals surface area (Å²) >= 11 is 0. The number of nitrogens with zero attached hydrogens (tertiary/aromatic N) is 1. The summed E-state index contributed by atoms with van der Waals surface area (Å²) in [5.41, 5.74) is -0.598. The van der Waals surface area contributed by atoms with Gasteiger partial charge in [0.15, 0.2) is 0 Å². The molecule has 0 bridgehead atoms. The molecule has 1 heterocycles. The predicted molar refractivity (Wildman–Crippen MR) is 70.6 cm³/mol. The first-order valence-electron chi connectivity index (χ1n) is 5.89. The molecule has 0 fully saturated rings. The number of nitrogens with one attached hydrogen (secondary N) is 1. The Labute approximate surface area is 110 Å². The molecule has 0 radical (unpaired) electrons. The van der Waals surface area contributed by atoms with Crippen LogP contribution in [0.4, 0.5) is 4.39 Å². The zero-order valence-corrected chi connectivity index (χ0v) is 11.0. The molecule has 0 spiro atoms. The highest BCUT2D eigenvalue weighted by atomic mass is 19.1. The minimum atomic E-state index is -0.483. The van der Waals surface area contributed by atoms with Crippen LogP contribution in [0.2, 0.25) is 0 Å². The smallest absolute Gasteiger partial charge is 0.262 e. The van der Waals surface area contributed by atoms with Crippen molar-refractivity contribution in [2.24, 2.45) is 0 Å². The summed E-state index contributed by atoms with van der Waals surface area (Å²) in [6, 6.07) is 5.47. The van der Waals surface area contributed by atoms with Crippen LogP contribution in [0.25, 0.3) is 11.1 Å². The number of aromatic nitrogens is 2. The largest absolute Gasteiger partial charge is 0.493 e. The van der Waals surface area contributed by atoms with Gasteiger partial charge in [-0.3, -0.25) is 4.79 Å². The molecule has 2 N–H and O–H groups in total. The minimum absolute atomic E-state index is 0.0208. The van der Waals surface area contributed by atoms with E-state index in [-0.39, 0.29) is 11.4 Å². The second-order valence-electron chi connectivity index (χ2n) is 5.37. The van der Waals surface area contributed by atoms with Crippen LogP contribution in [0.3, 0.4) is 0 Å².